The first-order valence-corrected chi connectivity index (χ1v) is 6.91. The first kappa shape index (κ1) is 16.3. The van der Waals surface area contributed by atoms with Crippen LogP contribution >= 0.6 is 0 Å². The van der Waals surface area contributed by atoms with Gasteiger partial charge in [0, 0.05) is 32.9 Å². The molecule has 2 heterocycles. The molecule has 0 spiro atoms. The van der Waals surface area contributed by atoms with Crippen molar-refractivity contribution in [3.05, 3.63) is 0 Å². The van der Waals surface area contributed by atoms with Gasteiger partial charge in [0.1, 0.15) is 0 Å². The molecular weight excluding hydrogens is 260 g/mol. The van der Waals surface area contributed by atoms with Crippen molar-refractivity contribution in [3.8, 4) is 0 Å². The van der Waals surface area contributed by atoms with Crippen LogP contribution in [0.25, 0.3) is 0 Å². The van der Waals surface area contributed by atoms with Crippen LogP contribution < -0.4 is 5.32 Å². The molecule has 1 saturated heterocycles. The van der Waals surface area contributed by atoms with Crippen molar-refractivity contribution < 1.29 is 15.0 Å². The summed E-state index contributed by atoms with van der Waals surface area (Å²) >= 11 is 0. The van der Waals surface area contributed by atoms with Gasteiger partial charge < -0.3 is 15.5 Å². The number of aliphatic hydroxyl groups is 1. The van der Waals surface area contributed by atoms with Crippen LogP contribution in [0.2, 0.25) is 0 Å². The number of nitrogens with zero attached hydrogens (tertiary/aromatic N) is 2. The van der Waals surface area contributed by atoms with Gasteiger partial charge in [-0.3, -0.25) is 15.2 Å². The molecule has 0 aromatic heterocycles. The highest BCUT2D eigenvalue weighted by Crippen LogP contribution is 2.20. The highest BCUT2D eigenvalue weighted by atomic mass is 16.4. The summed E-state index contributed by atoms with van der Waals surface area (Å²) < 4.78 is 0. The van der Waals surface area contributed by atoms with Crippen molar-refractivity contribution in [2.45, 2.75) is 57.5 Å². The fraction of sp³-hybridized carbons (Fsp3) is 0.769. The van der Waals surface area contributed by atoms with Gasteiger partial charge >= 0.3 is 0 Å². The van der Waals surface area contributed by atoms with Crippen molar-refractivity contribution in [1.29, 1.82) is 5.41 Å². The lowest BCUT2D eigenvalue weighted by molar-refractivity contribution is -0.134. The van der Waals surface area contributed by atoms with Crippen molar-refractivity contribution >= 4 is 17.7 Å². The Hall–Kier alpha value is -1.79. The van der Waals surface area contributed by atoms with E-state index in [-0.39, 0.29) is 11.9 Å². The molecule has 4 N–H and O–H groups in total. The molecule has 0 aromatic carbocycles. The predicted octanol–water partition coefficient (Wildman–Crippen LogP) is 1.55. The number of aliphatic carboxylic acids is 1. The number of hydrogen-bond acceptors (Lipinski definition) is 4. The summed E-state index contributed by atoms with van der Waals surface area (Å²) in [5, 5.41) is 33.6. The van der Waals surface area contributed by atoms with E-state index in [9.17, 15) is 5.11 Å². The monoisotopic (exact) mass is 284 g/mol. The fourth-order valence-corrected chi connectivity index (χ4v) is 2.47. The van der Waals surface area contributed by atoms with Gasteiger partial charge in [0.15, 0.2) is 0 Å². The summed E-state index contributed by atoms with van der Waals surface area (Å²) in [5.41, 5.74) is 0. The highest BCUT2D eigenvalue weighted by molar-refractivity contribution is 5.79. The lowest BCUT2D eigenvalue weighted by Gasteiger charge is -2.24. The first-order chi connectivity index (χ1) is 9.38. The van der Waals surface area contributed by atoms with Crippen LogP contribution in [0, 0.1) is 5.41 Å². The standard InChI is InChI=1S/C11H20N4O.C2H4O2/c1-15-9(7-11(16)14-15)6-8-4-2-3-5-10(12)13-8;1-2(3)4/h8-9H,2-7H2,1H3,(H2,12,13)(H,14,16);1H3,(H,3,4). The maximum absolute atomic E-state index is 9.35. The third kappa shape index (κ3) is 5.90. The molecular formula is C13H24N4O3. The Morgan fingerprint density at radius 1 is 1.55 bits per heavy atom. The smallest absolute Gasteiger partial charge is 0.300 e. The second-order valence-electron chi connectivity index (χ2n) is 5.27. The molecule has 1 fully saturated rings. The van der Waals surface area contributed by atoms with E-state index in [1.165, 1.54) is 6.42 Å². The van der Waals surface area contributed by atoms with Gasteiger partial charge in [-0.1, -0.05) is 6.42 Å². The van der Waals surface area contributed by atoms with Crippen LogP contribution in [0.1, 0.15) is 45.4 Å². The molecule has 0 bridgehead atoms. The van der Waals surface area contributed by atoms with Crippen LogP contribution in [0.3, 0.4) is 0 Å². The Labute approximate surface area is 119 Å². The fourth-order valence-electron chi connectivity index (χ4n) is 2.47. The van der Waals surface area contributed by atoms with E-state index in [2.05, 4.69) is 10.4 Å². The number of carboxylic acids is 1. The van der Waals surface area contributed by atoms with Crippen molar-refractivity contribution in [2.24, 2.45) is 5.10 Å². The molecule has 114 valence electrons. The number of nitrogens with one attached hydrogen (secondary N) is 2. The molecule has 2 rings (SSSR count). The molecule has 2 atom stereocenters. The Morgan fingerprint density at radius 2 is 2.20 bits per heavy atom. The van der Waals surface area contributed by atoms with Crippen LogP contribution in [-0.2, 0) is 4.79 Å². The topological polar surface area (TPSA) is 109 Å². The maximum atomic E-state index is 9.35. The Bertz CT molecular complexity index is 380. The van der Waals surface area contributed by atoms with Crippen LogP contribution in [-0.4, -0.2) is 52.1 Å². The van der Waals surface area contributed by atoms with Gasteiger partial charge in [0.25, 0.3) is 5.97 Å². The number of hydrogen-bond donors (Lipinski definition) is 4. The number of aliphatic hydroxyl groups excluding tert-OH is 1. The second-order valence-corrected chi connectivity index (χ2v) is 5.27. The van der Waals surface area contributed by atoms with Gasteiger partial charge in [-0.25, -0.2) is 0 Å². The third-order valence-corrected chi connectivity index (χ3v) is 3.38. The molecule has 0 aromatic rings. The lowest BCUT2D eigenvalue weighted by Crippen LogP contribution is -2.38. The zero-order valence-corrected chi connectivity index (χ0v) is 12.1. The summed E-state index contributed by atoms with van der Waals surface area (Å²) in [4.78, 5) is 9.00. The molecule has 0 amide bonds. The first-order valence-electron chi connectivity index (χ1n) is 6.91. The summed E-state index contributed by atoms with van der Waals surface area (Å²) in [5.74, 6) is 0.0597. The summed E-state index contributed by atoms with van der Waals surface area (Å²) in [6.45, 7) is 1.08. The molecule has 20 heavy (non-hydrogen) atoms. The van der Waals surface area contributed by atoms with E-state index in [0.29, 0.717) is 18.3 Å². The van der Waals surface area contributed by atoms with Crippen LogP contribution in [0.15, 0.2) is 5.10 Å². The third-order valence-electron chi connectivity index (χ3n) is 3.38. The van der Waals surface area contributed by atoms with Crippen molar-refractivity contribution in [3.63, 3.8) is 0 Å². The minimum Gasteiger partial charge on any atom is -0.495 e. The SMILES string of the molecule is CC(=O)O.CN1N=C(O)CC1CC1CCCCC(=N)N1. The largest absolute Gasteiger partial charge is 0.495 e. The van der Waals surface area contributed by atoms with Gasteiger partial charge in [-0.05, 0) is 19.3 Å². The van der Waals surface area contributed by atoms with Gasteiger partial charge in [0.05, 0.1) is 11.9 Å². The van der Waals surface area contributed by atoms with E-state index in [1.807, 2.05) is 12.1 Å². The van der Waals surface area contributed by atoms with Crippen molar-refractivity contribution in [1.82, 2.24) is 10.3 Å². The van der Waals surface area contributed by atoms with Crippen LogP contribution in [0.5, 0.6) is 0 Å². The van der Waals surface area contributed by atoms with Gasteiger partial charge in [-0.2, -0.15) is 0 Å². The summed E-state index contributed by atoms with van der Waals surface area (Å²) in [6, 6.07) is 0.645. The minimum absolute atomic E-state index is 0.233. The Balaban J connectivity index is 0.000000444. The zero-order chi connectivity index (χ0) is 15.1. The molecule has 0 aliphatic carbocycles. The van der Waals surface area contributed by atoms with Gasteiger partial charge in [-0.15, -0.1) is 5.10 Å². The zero-order valence-electron chi connectivity index (χ0n) is 12.1. The highest BCUT2D eigenvalue weighted by Gasteiger charge is 2.27. The van der Waals surface area contributed by atoms with E-state index in [1.54, 1.807) is 0 Å². The lowest BCUT2D eigenvalue weighted by atomic mass is 10.0. The summed E-state index contributed by atoms with van der Waals surface area (Å²) in [7, 11) is 1.90. The van der Waals surface area contributed by atoms with Crippen molar-refractivity contribution in [2.75, 3.05) is 7.05 Å². The van der Waals surface area contributed by atoms with Gasteiger partial charge in [0.2, 0.25) is 5.90 Å². The average molecular weight is 284 g/mol. The predicted molar refractivity (Wildman–Crippen MR) is 77.3 cm³/mol. The Morgan fingerprint density at radius 3 is 2.75 bits per heavy atom. The number of amidine groups is 1. The number of hydrazone groups is 1. The maximum Gasteiger partial charge on any atom is 0.300 e. The molecule has 7 nitrogen and oxygen atoms in total. The quantitative estimate of drug-likeness (QED) is 0.615. The van der Waals surface area contributed by atoms with E-state index < -0.39 is 5.97 Å². The number of carboxylic acid groups (broad SMARTS) is 1. The van der Waals surface area contributed by atoms with E-state index in [4.69, 9.17) is 15.3 Å². The minimum atomic E-state index is -0.833. The molecule has 2 aliphatic rings. The average Bonchev–Trinajstić information content (AvgIpc) is 2.51. The molecule has 2 unspecified atom stereocenters. The van der Waals surface area contributed by atoms with Crippen LogP contribution in [0.4, 0.5) is 0 Å². The Kier molecular flexibility index (Phi) is 6.27. The van der Waals surface area contributed by atoms with E-state index in [0.717, 1.165) is 32.6 Å². The summed E-state index contributed by atoms with van der Waals surface area (Å²) in [6.07, 6.45) is 5.88. The van der Waals surface area contributed by atoms with E-state index >= 15 is 0 Å². The molecule has 7 heteroatoms. The molecule has 2 aliphatic heterocycles. The number of carbonyl (C=O) groups is 1. The normalized spacial score (nSPS) is 26.0. The second kappa shape index (κ2) is 7.72. The molecule has 0 saturated carbocycles. The number of rotatable bonds is 2. The molecule has 0 radical (unpaired) electrons.